The van der Waals surface area contributed by atoms with Crippen molar-refractivity contribution in [1.29, 1.82) is 0 Å². The Morgan fingerprint density at radius 1 is 0.304 bits per heavy atom. The van der Waals surface area contributed by atoms with Gasteiger partial charge in [-0.15, -0.1) is 0 Å². The van der Waals surface area contributed by atoms with Gasteiger partial charge in [0, 0.05) is 19.3 Å². The molecular weight excluding hydrogens is 853 g/mol. The van der Waals surface area contributed by atoms with Crippen LogP contribution in [-0.2, 0) is 28.6 Å². The van der Waals surface area contributed by atoms with Crippen molar-refractivity contribution in [3.05, 3.63) is 48.6 Å². The minimum atomic E-state index is -0.779. The topological polar surface area (TPSA) is 78.9 Å². The molecule has 0 bridgehead atoms. The second-order valence-electron chi connectivity index (χ2n) is 20.2. The van der Waals surface area contributed by atoms with E-state index >= 15 is 0 Å². The van der Waals surface area contributed by atoms with Gasteiger partial charge < -0.3 is 14.2 Å². The van der Waals surface area contributed by atoms with E-state index < -0.39 is 6.10 Å². The molecule has 0 aliphatic rings. The molecular formula is C63H114O6. The maximum atomic E-state index is 12.9. The van der Waals surface area contributed by atoms with Gasteiger partial charge >= 0.3 is 17.9 Å². The quantitative estimate of drug-likeness (QED) is 0.0262. The molecule has 0 aliphatic carbocycles. The number of allylic oxidation sites excluding steroid dienone is 8. The summed E-state index contributed by atoms with van der Waals surface area (Å²) in [6, 6.07) is 0. The molecule has 69 heavy (non-hydrogen) atoms. The first-order valence-electron chi connectivity index (χ1n) is 30.1. The van der Waals surface area contributed by atoms with Crippen LogP contribution < -0.4 is 0 Å². The van der Waals surface area contributed by atoms with Crippen LogP contribution in [-0.4, -0.2) is 37.2 Å². The zero-order valence-corrected chi connectivity index (χ0v) is 46.1. The van der Waals surface area contributed by atoms with Crippen molar-refractivity contribution in [2.75, 3.05) is 13.2 Å². The minimum absolute atomic E-state index is 0.0765. The van der Waals surface area contributed by atoms with Gasteiger partial charge in [-0.25, -0.2) is 0 Å². The van der Waals surface area contributed by atoms with E-state index in [9.17, 15) is 14.4 Å². The molecule has 6 nitrogen and oxygen atoms in total. The van der Waals surface area contributed by atoms with Gasteiger partial charge in [0.1, 0.15) is 13.2 Å². The normalized spacial score (nSPS) is 12.3. The van der Waals surface area contributed by atoms with E-state index in [1.165, 1.54) is 180 Å². The van der Waals surface area contributed by atoms with E-state index in [0.29, 0.717) is 19.3 Å². The third-order valence-electron chi connectivity index (χ3n) is 13.3. The molecule has 0 saturated carbocycles. The fourth-order valence-corrected chi connectivity index (χ4v) is 8.81. The lowest BCUT2D eigenvalue weighted by Crippen LogP contribution is -2.30. The standard InChI is InChI=1S/C63H114O6/c1-4-7-10-13-16-19-22-25-28-30-31-33-35-38-41-44-47-50-53-56-62(65)68-59-60(58-67-61(64)55-52-49-46-43-40-37-34-27-24-21-18-15-12-9-6-3)69-63(66)57-54-51-48-45-42-39-36-32-29-26-23-20-17-14-11-8-5-2/h9,12,18,21,25,27-28,34,60H,4-8,10-11,13-17,19-20,22-24,26,29-33,35-59H2,1-3H3/b12-9+,21-18+,28-25+,34-27+/t60-/m1/s1. The highest BCUT2D eigenvalue weighted by Crippen LogP contribution is 2.17. The van der Waals surface area contributed by atoms with E-state index in [1.807, 2.05) is 0 Å². The van der Waals surface area contributed by atoms with Crippen LogP contribution >= 0.6 is 0 Å². The van der Waals surface area contributed by atoms with Gasteiger partial charge in [0.2, 0.25) is 0 Å². The van der Waals surface area contributed by atoms with Gasteiger partial charge in [0.25, 0.3) is 0 Å². The van der Waals surface area contributed by atoms with Crippen molar-refractivity contribution < 1.29 is 28.6 Å². The van der Waals surface area contributed by atoms with Gasteiger partial charge in [-0.1, -0.05) is 268 Å². The molecule has 0 aromatic rings. The van der Waals surface area contributed by atoms with Crippen molar-refractivity contribution >= 4 is 17.9 Å². The predicted molar refractivity (Wildman–Crippen MR) is 298 cm³/mol. The van der Waals surface area contributed by atoms with E-state index in [2.05, 4.69) is 69.4 Å². The molecule has 0 aromatic heterocycles. The maximum Gasteiger partial charge on any atom is 0.306 e. The summed E-state index contributed by atoms with van der Waals surface area (Å²) in [5, 5.41) is 0. The third-order valence-corrected chi connectivity index (χ3v) is 13.3. The first kappa shape index (κ1) is 66.4. The van der Waals surface area contributed by atoms with Crippen molar-refractivity contribution in [1.82, 2.24) is 0 Å². The van der Waals surface area contributed by atoms with E-state index in [0.717, 1.165) is 96.3 Å². The van der Waals surface area contributed by atoms with Crippen LogP contribution in [0.5, 0.6) is 0 Å². The Hall–Kier alpha value is -2.63. The molecule has 402 valence electrons. The van der Waals surface area contributed by atoms with Gasteiger partial charge in [0.15, 0.2) is 6.10 Å². The van der Waals surface area contributed by atoms with Crippen LogP contribution in [0.2, 0.25) is 0 Å². The van der Waals surface area contributed by atoms with Gasteiger partial charge in [0.05, 0.1) is 0 Å². The Bertz CT molecular complexity index is 1200. The number of esters is 3. The van der Waals surface area contributed by atoms with Crippen LogP contribution in [0.15, 0.2) is 48.6 Å². The highest BCUT2D eigenvalue weighted by molar-refractivity contribution is 5.71. The Morgan fingerprint density at radius 3 is 0.899 bits per heavy atom. The molecule has 0 unspecified atom stereocenters. The summed E-state index contributed by atoms with van der Waals surface area (Å²) in [4.78, 5) is 38.2. The average molecular weight is 968 g/mol. The summed E-state index contributed by atoms with van der Waals surface area (Å²) >= 11 is 0. The third kappa shape index (κ3) is 56.2. The molecule has 0 radical (unpaired) electrons. The van der Waals surface area contributed by atoms with E-state index in [1.54, 1.807) is 0 Å². The van der Waals surface area contributed by atoms with Gasteiger partial charge in [-0.3, -0.25) is 14.4 Å². The van der Waals surface area contributed by atoms with Crippen LogP contribution in [0.3, 0.4) is 0 Å². The summed E-state index contributed by atoms with van der Waals surface area (Å²) in [6.45, 7) is 6.55. The largest absolute Gasteiger partial charge is 0.462 e. The average Bonchev–Trinajstić information content (AvgIpc) is 3.35. The molecule has 0 heterocycles. The summed E-state index contributed by atoms with van der Waals surface area (Å²) in [6.07, 6.45) is 71.0. The maximum absolute atomic E-state index is 12.9. The first-order chi connectivity index (χ1) is 34.0. The number of unbranched alkanes of at least 4 members (excludes halogenated alkanes) is 36. The fraction of sp³-hybridized carbons (Fsp3) is 0.825. The number of ether oxygens (including phenoxy) is 3. The number of hydrogen-bond donors (Lipinski definition) is 0. The second-order valence-corrected chi connectivity index (χ2v) is 20.2. The van der Waals surface area contributed by atoms with Crippen molar-refractivity contribution in [3.8, 4) is 0 Å². The van der Waals surface area contributed by atoms with Crippen molar-refractivity contribution in [2.45, 2.75) is 322 Å². The lowest BCUT2D eigenvalue weighted by Gasteiger charge is -2.18. The van der Waals surface area contributed by atoms with Crippen LogP contribution in [0, 0.1) is 0 Å². The molecule has 0 aliphatic heterocycles. The van der Waals surface area contributed by atoms with Gasteiger partial charge in [-0.2, -0.15) is 0 Å². The number of rotatable bonds is 55. The van der Waals surface area contributed by atoms with Crippen LogP contribution in [0.1, 0.15) is 316 Å². The molecule has 0 N–H and O–H groups in total. The molecule has 0 rings (SSSR count). The summed E-state index contributed by atoms with van der Waals surface area (Å²) in [7, 11) is 0. The second kappa shape index (κ2) is 57.9. The Morgan fingerprint density at radius 2 is 0.565 bits per heavy atom. The van der Waals surface area contributed by atoms with Crippen molar-refractivity contribution in [2.24, 2.45) is 0 Å². The number of carbonyl (C=O) groups excluding carboxylic acids is 3. The molecule has 6 heteroatoms. The highest BCUT2D eigenvalue weighted by Gasteiger charge is 2.19. The van der Waals surface area contributed by atoms with Crippen molar-refractivity contribution in [3.63, 3.8) is 0 Å². The van der Waals surface area contributed by atoms with E-state index in [-0.39, 0.29) is 31.1 Å². The molecule has 0 amide bonds. The summed E-state index contributed by atoms with van der Waals surface area (Å²) < 4.78 is 16.9. The zero-order chi connectivity index (χ0) is 50.0. The smallest absolute Gasteiger partial charge is 0.306 e. The minimum Gasteiger partial charge on any atom is -0.462 e. The molecule has 0 aromatic carbocycles. The summed E-state index contributed by atoms with van der Waals surface area (Å²) in [5.74, 6) is -0.878. The lowest BCUT2D eigenvalue weighted by molar-refractivity contribution is -0.167. The monoisotopic (exact) mass is 967 g/mol. The van der Waals surface area contributed by atoms with Gasteiger partial charge in [-0.05, 0) is 77.0 Å². The Kier molecular flexibility index (Phi) is 55.7. The van der Waals surface area contributed by atoms with E-state index in [4.69, 9.17) is 14.2 Å². The first-order valence-corrected chi connectivity index (χ1v) is 30.1. The fourth-order valence-electron chi connectivity index (χ4n) is 8.81. The molecule has 0 spiro atoms. The predicted octanol–water partition coefficient (Wildman–Crippen LogP) is 20.2. The SMILES string of the molecule is CC/C=C/C/C=C/C/C=C/CCCCCCCC(=O)OC[C@H](COC(=O)CCCCCCCCCCC/C=C/CCCCCCCC)OC(=O)CCCCCCCCCCCCCCCCCCC. The van der Waals surface area contributed by atoms with Crippen LogP contribution in [0.4, 0.5) is 0 Å². The number of hydrogen-bond acceptors (Lipinski definition) is 6. The molecule has 0 fully saturated rings. The lowest BCUT2D eigenvalue weighted by atomic mass is 10.0. The molecule has 1 atom stereocenters. The van der Waals surface area contributed by atoms with Crippen LogP contribution in [0.25, 0.3) is 0 Å². The molecule has 0 saturated heterocycles. The summed E-state index contributed by atoms with van der Waals surface area (Å²) in [5.41, 5.74) is 0. The Balaban J connectivity index is 4.35. The highest BCUT2D eigenvalue weighted by atomic mass is 16.6. The Labute approximate surface area is 428 Å². The zero-order valence-electron chi connectivity index (χ0n) is 46.1. The number of carbonyl (C=O) groups is 3.